The van der Waals surface area contributed by atoms with Gasteiger partial charge in [0.1, 0.15) is 11.4 Å². The van der Waals surface area contributed by atoms with Crippen LogP contribution in [-0.4, -0.2) is 27.2 Å². The number of nitrogens with zero attached hydrogens (tertiary/aromatic N) is 2. The smallest absolute Gasteiger partial charge is 0.342 e. The lowest BCUT2D eigenvalue weighted by atomic mass is 10.2. The molecule has 0 bridgehead atoms. The SMILES string of the molecule is O=C(O)c1cnc(-c2ccccc2)n(CCOCc2ccccc2)c1=O. The Kier molecular flexibility index (Phi) is 5.56. The summed E-state index contributed by atoms with van der Waals surface area (Å²) in [6.45, 7) is 0.895. The molecule has 0 amide bonds. The number of hydrogen-bond donors (Lipinski definition) is 1. The average Bonchev–Trinajstić information content (AvgIpc) is 2.67. The predicted octanol–water partition coefficient (Wildman–Crippen LogP) is 2.83. The summed E-state index contributed by atoms with van der Waals surface area (Å²) in [5.41, 5.74) is 0.826. The Hall–Kier alpha value is -3.25. The van der Waals surface area contributed by atoms with E-state index in [0.717, 1.165) is 17.3 Å². The van der Waals surface area contributed by atoms with Crippen LogP contribution in [0.3, 0.4) is 0 Å². The third-order valence-corrected chi connectivity index (χ3v) is 3.88. The summed E-state index contributed by atoms with van der Waals surface area (Å²) >= 11 is 0. The van der Waals surface area contributed by atoms with Gasteiger partial charge in [-0.1, -0.05) is 60.7 Å². The van der Waals surface area contributed by atoms with Crippen LogP contribution in [0.2, 0.25) is 0 Å². The highest BCUT2D eigenvalue weighted by atomic mass is 16.5. The van der Waals surface area contributed by atoms with Crippen molar-refractivity contribution in [3.63, 3.8) is 0 Å². The van der Waals surface area contributed by atoms with Crippen LogP contribution in [0.25, 0.3) is 11.4 Å². The van der Waals surface area contributed by atoms with Gasteiger partial charge in [-0.05, 0) is 5.56 Å². The summed E-state index contributed by atoms with van der Waals surface area (Å²) in [6, 6.07) is 18.9. The molecule has 0 saturated carbocycles. The number of hydrogen-bond acceptors (Lipinski definition) is 4. The third kappa shape index (κ3) is 4.04. The number of benzene rings is 2. The summed E-state index contributed by atoms with van der Waals surface area (Å²) in [7, 11) is 0. The maximum absolute atomic E-state index is 12.6. The fraction of sp³-hybridized carbons (Fsp3) is 0.150. The first-order valence-electron chi connectivity index (χ1n) is 8.17. The van der Waals surface area contributed by atoms with Crippen molar-refractivity contribution in [2.24, 2.45) is 0 Å². The number of carbonyl (C=O) groups is 1. The van der Waals surface area contributed by atoms with E-state index in [2.05, 4.69) is 4.98 Å². The molecular formula is C20H18N2O4. The lowest BCUT2D eigenvalue weighted by Crippen LogP contribution is -2.30. The monoisotopic (exact) mass is 350 g/mol. The van der Waals surface area contributed by atoms with Crippen molar-refractivity contribution in [2.45, 2.75) is 13.2 Å². The van der Waals surface area contributed by atoms with Gasteiger partial charge in [-0.25, -0.2) is 9.78 Å². The molecule has 26 heavy (non-hydrogen) atoms. The molecule has 1 N–H and O–H groups in total. The molecule has 0 fully saturated rings. The van der Waals surface area contributed by atoms with Gasteiger partial charge in [0.15, 0.2) is 0 Å². The highest BCUT2D eigenvalue weighted by molar-refractivity contribution is 5.86. The minimum absolute atomic E-state index is 0.212. The van der Waals surface area contributed by atoms with Crippen molar-refractivity contribution in [3.8, 4) is 11.4 Å². The van der Waals surface area contributed by atoms with E-state index < -0.39 is 11.5 Å². The normalized spacial score (nSPS) is 10.6. The predicted molar refractivity (Wildman–Crippen MR) is 97.0 cm³/mol. The van der Waals surface area contributed by atoms with Crippen LogP contribution >= 0.6 is 0 Å². The van der Waals surface area contributed by atoms with Gasteiger partial charge in [0, 0.05) is 11.8 Å². The minimum Gasteiger partial charge on any atom is -0.477 e. The number of carboxylic acid groups (broad SMARTS) is 1. The first kappa shape index (κ1) is 17.6. The zero-order valence-electron chi connectivity index (χ0n) is 14.0. The topological polar surface area (TPSA) is 81.4 Å². The van der Waals surface area contributed by atoms with E-state index in [1.165, 1.54) is 4.57 Å². The summed E-state index contributed by atoms with van der Waals surface area (Å²) in [5.74, 6) is -0.870. The molecular weight excluding hydrogens is 332 g/mol. The Morgan fingerprint density at radius 1 is 1.04 bits per heavy atom. The van der Waals surface area contributed by atoms with E-state index in [0.29, 0.717) is 12.4 Å². The molecule has 0 unspecified atom stereocenters. The van der Waals surface area contributed by atoms with E-state index in [1.54, 1.807) is 0 Å². The molecule has 1 heterocycles. The average molecular weight is 350 g/mol. The van der Waals surface area contributed by atoms with Crippen LogP contribution in [0, 0.1) is 0 Å². The van der Waals surface area contributed by atoms with Gasteiger partial charge in [0.25, 0.3) is 5.56 Å². The molecule has 0 atom stereocenters. The summed E-state index contributed by atoms with van der Waals surface area (Å²) in [6.07, 6.45) is 1.11. The van der Waals surface area contributed by atoms with Gasteiger partial charge in [0.05, 0.1) is 19.8 Å². The Balaban J connectivity index is 1.82. The molecule has 1 aromatic heterocycles. The number of aromatic carboxylic acids is 1. The highest BCUT2D eigenvalue weighted by Gasteiger charge is 2.16. The molecule has 0 spiro atoms. The van der Waals surface area contributed by atoms with Crippen molar-refractivity contribution in [2.75, 3.05) is 6.61 Å². The van der Waals surface area contributed by atoms with Crippen LogP contribution in [-0.2, 0) is 17.9 Å². The second kappa shape index (κ2) is 8.22. The Morgan fingerprint density at radius 2 is 1.69 bits per heavy atom. The lowest BCUT2D eigenvalue weighted by molar-refractivity contribution is 0.0692. The first-order valence-corrected chi connectivity index (χ1v) is 8.17. The molecule has 6 heteroatoms. The Morgan fingerprint density at radius 3 is 2.35 bits per heavy atom. The van der Waals surface area contributed by atoms with Crippen molar-refractivity contribution in [3.05, 3.63) is 88.3 Å². The van der Waals surface area contributed by atoms with Crippen LogP contribution in [0.15, 0.2) is 71.7 Å². The van der Waals surface area contributed by atoms with Crippen LogP contribution in [0.1, 0.15) is 15.9 Å². The lowest BCUT2D eigenvalue weighted by Gasteiger charge is -2.13. The van der Waals surface area contributed by atoms with Crippen LogP contribution in [0.4, 0.5) is 0 Å². The molecule has 0 radical (unpaired) electrons. The van der Waals surface area contributed by atoms with E-state index in [-0.39, 0.29) is 18.7 Å². The molecule has 132 valence electrons. The molecule has 0 aliphatic rings. The summed E-state index contributed by atoms with van der Waals surface area (Å²) in [5, 5.41) is 9.19. The van der Waals surface area contributed by atoms with E-state index in [4.69, 9.17) is 4.74 Å². The number of carboxylic acids is 1. The quantitative estimate of drug-likeness (QED) is 0.663. The zero-order chi connectivity index (χ0) is 18.4. The fourth-order valence-electron chi connectivity index (χ4n) is 2.58. The fourth-order valence-corrected chi connectivity index (χ4v) is 2.58. The standard InChI is InChI=1S/C20H18N2O4/c23-19-17(20(24)25)13-21-18(16-9-5-2-6-10-16)22(19)11-12-26-14-15-7-3-1-4-8-15/h1-10,13H,11-12,14H2,(H,24,25). The number of ether oxygens (including phenoxy) is 1. The minimum atomic E-state index is -1.29. The number of rotatable bonds is 7. The Bertz CT molecular complexity index is 937. The van der Waals surface area contributed by atoms with Crippen molar-refractivity contribution in [1.29, 1.82) is 0 Å². The van der Waals surface area contributed by atoms with Crippen molar-refractivity contribution >= 4 is 5.97 Å². The maximum Gasteiger partial charge on any atom is 0.342 e. The van der Waals surface area contributed by atoms with Gasteiger partial charge in [-0.3, -0.25) is 9.36 Å². The van der Waals surface area contributed by atoms with Crippen molar-refractivity contribution < 1.29 is 14.6 Å². The van der Waals surface area contributed by atoms with Gasteiger partial charge in [0.2, 0.25) is 0 Å². The molecule has 0 aliphatic heterocycles. The molecule has 6 nitrogen and oxygen atoms in total. The molecule has 3 rings (SSSR count). The van der Waals surface area contributed by atoms with Gasteiger partial charge >= 0.3 is 5.97 Å². The molecule has 3 aromatic rings. The van der Waals surface area contributed by atoms with Crippen LogP contribution in [0.5, 0.6) is 0 Å². The van der Waals surface area contributed by atoms with Gasteiger partial charge in [-0.2, -0.15) is 0 Å². The third-order valence-electron chi connectivity index (χ3n) is 3.88. The van der Waals surface area contributed by atoms with Gasteiger partial charge < -0.3 is 9.84 Å². The van der Waals surface area contributed by atoms with Gasteiger partial charge in [-0.15, -0.1) is 0 Å². The van der Waals surface area contributed by atoms with Crippen LogP contribution < -0.4 is 5.56 Å². The summed E-state index contributed by atoms with van der Waals surface area (Å²) in [4.78, 5) is 28.0. The largest absolute Gasteiger partial charge is 0.477 e. The molecule has 0 saturated heterocycles. The highest BCUT2D eigenvalue weighted by Crippen LogP contribution is 2.15. The summed E-state index contributed by atoms with van der Waals surface area (Å²) < 4.78 is 6.99. The molecule has 2 aromatic carbocycles. The Labute approximate surface area is 150 Å². The van der Waals surface area contributed by atoms with Crippen molar-refractivity contribution in [1.82, 2.24) is 9.55 Å². The van der Waals surface area contributed by atoms with E-state index >= 15 is 0 Å². The molecule has 0 aliphatic carbocycles. The second-order valence-electron chi connectivity index (χ2n) is 5.66. The van der Waals surface area contributed by atoms with E-state index in [9.17, 15) is 14.7 Å². The second-order valence-corrected chi connectivity index (χ2v) is 5.66. The van der Waals surface area contributed by atoms with E-state index in [1.807, 2.05) is 60.7 Å². The number of aromatic nitrogens is 2. The zero-order valence-corrected chi connectivity index (χ0v) is 14.0. The first-order chi connectivity index (χ1) is 12.7. The maximum atomic E-state index is 12.6.